The lowest BCUT2D eigenvalue weighted by Gasteiger charge is -2.32. The number of hydrogen-bond acceptors (Lipinski definition) is 12. The van der Waals surface area contributed by atoms with Crippen molar-refractivity contribution in [3.63, 3.8) is 0 Å². The molecule has 0 saturated heterocycles. The summed E-state index contributed by atoms with van der Waals surface area (Å²) in [6, 6.07) is 11.5. The summed E-state index contributed by atoms with van der Waals surface area (Å²) in [7, 11) is 1.54. The van der Waals surface area contributed by atoms with Gasteiger partial charge in [0.2, 0.25) is 17.7 Å². The molecule has 19 heteroatoms. The van der Waals surface area contributed by atoms with Gasteiger partial charge < -0.3 is 40.4 Å². The molecule has 0 saturated carbocycles. The molecule has 0 spiro atoms. The van der Waals surface area contributed by atoms with E-state index in [1.54, 1.807) is 78.9 Å². The smallest absolute Gasteiger partial charge is 0.419 e. The molecule has 3 atom stereocenters. The minimum absolute atomic E-state index is 0.0100. The van der Waals surface area contributed by atoms with Crippen molar-refractivity contribution in [3.05, 3.63) is 86.6 Å². The molecule has 4 N–H and O–H groups in total. The van der Waals surface area contributed by atoms with Crippen LogP contribution in [-0.2, 0) is 52.9 Å². The summed E-state index contributed by atoms with van der Waals surface area (Å²) in [5.41, 5.74) is 1.08. The second-order valence-electron chi connectivity index (χ2n) is 20.9. The summed E-state index contributed by atoms with van der Waals surface area (Å²) in [6.07, 6.45) is 2.89. The maximum absolute atomic E-state index is 15.2. The van der Waals surface area contributed by atoms with Crippen molar-refractivity contribution in [2.24, 2.45) is 0 Å². The zero-order valence-corrected chi connectivity index (χ0v) is 46.5. The number of hydrogen-bond donors (Lipinski definition) is 4. The molecule has 0 unspecified atom stereocenters. The summed E-state index contributed by atoms with van der Waals surface area (Å²) in [6.45, 7) is 18.4. The van der Waals surface area contributed by atoms with E-state index in [2.05, 4.69) is 37.2 Å². The van der Waals surface area contributed by atoms with E-state index in [9.17, 15) is 19.2 Å². The molecule has 0 aliphatic carbocycles. The number of likely N-dealkylation sites (N-methyl/N-ethyl adjacent to an activating group) is 1. The van der Waals surface area contributed by atoms with Gasteiger partial charge in [0.1, 0.15) is 33.9 Å². The maximum atomic E-state index is 15.2. The van der Waals surface area contributed by atoms with Crippen LogP contribution in [-0.4, -0.2) is 98.8 Å². The topological polar surface area (TPSA) is 199 Å². The number of pyridine rings is 1. The van der Waals surface area contributed by atoms with Crippen molar-refractivity contribution < 1.29 is 43.0 Å². The molecular formula is C53H71BrClN7O9S. The molecule has 392 valence electrons. The molecular weight excluding hydrogens is 1030 g/mol. The van der Waals surface area contributed by atoms with Gasteiger partial charge in [-0.3, -0.25) is 19.2 Å². The predicted octanol–water partition coefficient (Wildman–Crippen LogP) is 9.93. The Morgan fingerprint density at radius 1 is 0.833 bits per heavy atom. The number of esters is 1. The molecule has 2 aromatic carbocycles. The Morgan fingerprint density at radius 3 is 2.19 bits per heavy atom. The van der Waals surface area contributed by atoms with Gasteiger partial charge >= 0.3 is 18.2 Å². The molecule has 0 bridgehead atoms. The minimum Gasteiger partial charge on any atom is -0.460 e. The number of aromatic nitrogens is 2. The lowest BCUT2D eigenvalue weighted by atomic mass is 9.99. The molecule has 5 rings (SSSR count). The Bertz CT molecular complexity index is 2600. The third kappa shape index (κ3) is 16.7. The van der Waals surface area contributed by atoms with Crippen molar-refractivity contribution in [1.82, 2.24) is 35.7 Å². The van der Waals surface area contributed by atoms with E-state index in [4.69, 9.17) is 30.8 Å². The summed E-state index contributed by atoms with van der Waals surface area (Å²) in [4.78, 5) is 90.6. The van der Waals surface area contributed by atoms with Crippen molar-refractivity contribution in [2.45, 2.75) is 179 Å². The third-order valence-electron chi connectivity index (χ3n) is 11.6. The Morgan fingerprint density at radius 2 is 1.50 bits per heavy atom. The van der Waals surface area contributed by atoms with Crippen molar-refractivity contribution in [2.75, 3.05) is 13.6 Å². The van der Waals surface area contributed by atoms with Gasteiger partial charge in [-0.05, 0) is 137 Å². The number of carbonyl (C=O) groups is 6. The van der Waals surface area contributed by atoms with Crippen molar-refractivity contribution >= 4 is 86.1 Å². The van der Waals surface area contributed by atoms with Gasteiger partial charge in [0, 0.05) is 71.7 Å². The van der Waals surface area contributed by atoms with Crippen molar-refractivity contribution in [1.29, 1.82) is 0 Å². The summed E-state index contributed by atoms with van der Waals surface area (Å²) < 4.78 is 18.9. The molecule has 1 aliphatic rings. The van der Waals surface area contributed by atoms with Gasteiger partial charge in [0.15, 0.2) is 0 Å². The van der Waals surface area contributed by atoms with Gasteiger partial charge in [-0.15, -0.1) is 0 Å². The summed E-state index contributed by atoms with van der Waals surface area (Å²) >= 11 is 12.0. The third-order valence-corrected chi connectivity index (χ3v) is 14.0. The van der Waals surface area contributed by atoms with Crippen LogP contribution in [0.3, 0.4) is 0 Å². The van der Waals surface area contributed by atoms with Crippen LogP contribution in [0.4, 0.5) is 9.59 Å². The van der Waals surface area contributed by atoms with Gasteiger partial charge in [-0.25, -0.2) is 19.1 Å². The fourth-order valence-corrected chi connectivity index (χ4v) is 10.1. The fourth-order valence-electron chi connectivity index (χ4n) is 8.20. The number of amides is 4. The molecule has 0 fully saturated rings. The lowest BCUT2D eigenvalue weighted by molar-refractivity contribution is -0.155. The first-order valence-corrected chi connectivity index (χ1v) is 26.4. The number of carbonyl (C=O) groups excluding carboxylic acids is 6. The number of ether oxygens (including phenoxy) is 3. The number of fused-ring (bicyclic) bond motifs is 3. The Labute approximate surface area is 441 Å². The van der Waals surface area contributed by atoms with E-state index in [1.165, 1.54) is 28.3 Å². The number of nitrogens with zero attached hydrogens (tertiary/aromatic N) is 3. The zero-order chi connectivity index (χ0) is 53.1. The van der Waals surface area contributed by atoms with E-state index in [1.807, 2.05) is 45.0 Å². The van der Waals surface area contributed by atoms with Gasteiger partial charge in [0.05, 0.1) is 16.6 Å². The van der Waals surface area contributed by atoms with E-state index in [0.29, 0.717) is 79.2 Å². The van der Waals surface area contributed by atoms with Crippen LogP contribution in [0.5, 0.6) is 0 Å². The number of nitrogens with one attached hydrogen (secondary N) is 4. The van der Waals surface area contributed by atoms with Gasteiger partial charge in [0.25, 0.3) is 0 Å². The van der Waals surface area contributed by atoms with E-state index in [0.717, 1.165) is 5.56 Å². The van der Waals surface area contributed by atoms with Crippen molar-refractivity contribution in [3.8, 4) is 0 Å². The van der Waals surface area contributed by atoms with Crippen LogP contribution in [0.25, 0.3) is 10.9 Å². The summed E-state index contributed by atoms with van der Waals surface area (Å²) in [5, 5.41) is 14.1. The largest absolute Gasteiger partial charge is 0.460 e. The van der Waals surface area contributed by atoms with Crippen LogP contribution in [0.1, 0.15) is 130 Å². The van der Waals surface area contributed by atoms with E-state index in [-0.39, 0.29) is 44.9 Å². The van der Waals surface area contributed by atoms with Crippen LogP contribution in [0, 0.1) is 6.92 Å². The summed E-state index contributed by atoms with van der Waals surface area (Å²) in [5.74, 6) is -1.82. The second-order valence-corrected chi connectivity index (χ2v) is 23.2. The highest BCUT2D eigenvalue weighted by molar-refractivity contribution is 9.10. The number of halogens is 2. The molecule has 1 aliphatic heterocycles. The Kier molecular flexibility index (Phi) is 20.2. The highest BCUT2D eigenvalue weighted by Gasteiger charge is 2.36. The average Bonchev–Trinajstić information content (AvgIpc) is 3.56. The van der Waals surface area contributed by atoms with Gasteiger partial charge in [-0.2, -0.15) is 0 Å². The average molecular weight is 1100 g/mol. The zero-order valence-electron chi connectivity index (χ0n) is 43.4. The maximum Gasteiger partial charge on any atom is 0.419 e. The molecule has 72 heavy (non-hydrogen) atoms. The van der Waals surface area contributed by atoms with Crippen LogP contribution in [0.2, 0.25) is 5.02 Å². The molecule has 4 aromatic rings. The van der Waals surface area contributed by atoms with Crippen LogP contribution in [0.15, 0.2) is 69.1 Å². The van der Waals surface area contributed by atoms with Gasteiger partial charge in [-0.1, -0.05) is 70.0 Å². The standard InChI is InChI=1S/C53H71BrClN7O9S/c1-32-35(34-20-12-14-23-41(34)62(32)50(68)71-53(8,9)10)29-42-46(65)59-31-36-37(54)25-26-38(55)44(36)72-47-33(19-18-28-56-47)30-58-39(21-13-15-24-43(63)69-51(2,3)4)45(64)60-40(48(66)61(42)11)22-16-17-27-57-49(67)70-52(5,6)7/h12,14,18-20,23,25-26,28,39-40,42,58H,13,15-17,21-22,24,27,29-31H2,1-11H3,(H,57,67)(H,59,65)(H,60,64)/t39-,40-,42-/m0/s1. The molecule has 3 heterocycles. The van der Waals surface area contributed by atoms with Crippen LogP contribution < -0.4 is 21.3 Å². The number of para-hydroxylation sites is 1. The normalized spacial score (nSPS) is 17.5. The fraction of sp³-hybridized carbons (Fsp3) is 0.528. The SMILES string of the molecule is Cc1c(C[C@H]2C(=O)NCc3c(Br)ccc(Cl)c3Sc3ncccc3CN[C@@H](CCCCC(=O)OC(C)(C)C)C(=O)N[C@@H](CCCCNC(=O)OC(C)(C)C)C(=O)N2C)c2ccccc2n1C(=O)OC(C)(C)C. The first-order chi connectivity index (χ1) is 33.7. The number of alkyl carbamates (subject to hydrolysis) is 1. The highest BCUT2D eigenvalue weighted by Crippen LogP contribution is 2.40. The monoisotopic (exact) mass is 1100 g/mol. The Balaban J connectivity index is 1.59. The number of benzene rings is 2. The highest BCUT2D eigenvalue weighted by atomic mass is 79.9. The minimum atomic E-state index is -1.17. The van der Waals surface area contributed by atoms with E-state index >= 15 is 9.59 Å². The molecule has 16 nitrogen and oxygen atoms in total. The Hall–Kier alpha value is -5.17. The van der Waals surface area contributed by atoms with E-state index < -0.39 is 64.8 Å². The second kappa shape index (κ2) is 25.2. The molecule has 4 amide bonds. The lowest BCUT2D eigenvalue weighted by Crippen LogP contribution is -2.57. The quantitative estimate of drug-likeness (QED) is 0.0596. The van der Waals surface area contributed by atoms with Crippen LogP contribution >= 0.6 is 39.3 Å². The number of rotatable bonds is 12. The predicted molar refractivity (Wildman–Crippen MR) is 283 cm³/mol. The first-order valence-electron chi connectivity index (χ1n) is 24.4. The number of unbranched alkanes of at least 4 members (excludes halogenated alkanes) is 2. The molecule has 0 radical (unpaired) electrons. The first kappa shape index (κ1) is 57.7. The molecule has 2 aromatic heterocycles.